The lowest BCUT2D eigenvalue weighted by Crippen LogP contribution is -2.47. The summed E-state index contributed by atoms with van der Waals surface area (Å²) in [4.78, 5) is 30.2. The van der Waals surface area contributed by atoms with Crippen molar-refractivity contribution in [2.75, 3.05) is 37.4 Å². The molecule has 0 unspecified atom stereocenters. The maximum absolute atomic E-state index is 13.6. The van der Waals surface area contributed by atoms with Crippen LogP contribution in [0.25, 0.3) is 11.1 Å². The second-order valence-electron chi connectivity index (χ2n) is 12.6. The third-order valence-electron chi connectivity index (χ3n) is 8.65. The van der Waals surface area contributed by atoms with Gasteiger partial charge in [0.1, 0.15) is 11.9 Å². The molecule has 4 aromatic carbocycles. The van der Waals surface area contributed by atoms with E-state index in [4.69, 9.17) is 4.74 Å². The van der Waals surface area contributed by atoms with Gasteiger partial charge in [0.15, 0.2) is 0 Å². The first-order valence-electron chi connectivity index (χ1n) is 16.2. The summed E-state index contributed by atoms with van der Waals surface area (Å²) in [6.07, 6.45) is -4.81. The van der Waals surface area contributed by atoms with Crippen molar-refractivity contribution in [1.29, 1.82) is 0 Å². The Morgan fingerprint density at radius 3 is 2.24 bits per heavy atom. The SMILES string of the molecule is C[C@H]1CN([C@@H](C)CO)C(=O)Cc2cc(NC(=O)Nc3ccc(C(F)(F)F)cc3)ccc2O[C@H]1CN(C)Cc1ccc(-c2ccccc2)cc1. The van der Waals surface area contributed by atoms with Crippen molar-refractivity contribution in [2.45, 2.75) is 45.1 Å². The van der Waals surface area contributed by atoms with Gasteiger partial charge in [0, 0.05) is 42.5 Å². The molecule has 3 amide bonds. The van der Waals surface area contributed by atoms with Gasteiger partial charge in [-0.25, -0.2) is 4.79 Å². The van der Waals surface area contributed by atoms with Crippen LogP contribution in [0, 0.1) is 5.92 Å². The zero-order valence-electron chi connectivity index (χ0n) is 27.7. The number of aliphatic hydroxyl groups is 1. The van der Waals surface area contributed by atoms with Gasteiger partial charge in [0.2, 0.25) is 5.91 Å². The van der Waals surface area contributed by atoms with E-state index < -0.39 is 23.8 Å². The van der Waals surface area contributed by atoms with Crippen LogP contribution < -0.4 is 15.4 Å². The Bertz CT molecular complexity index is 1720. The maximum atomic E-state index is 13.6. The van der Waals surface area contributed by atoms with E-state index in [1.165, 1.54) is 12.1 Å². The molecule has 0 aromatic heterocycles. The molecule has 3 atom stereocenters. The molecule has 0 aliphatic carbocycles. The number of carbonyl (C=O) groups excluding carboxylic acids is 2. The average molecular weight is 675 g/mol. The molecule has 0 spiro atoms. The largest absolute Gasteiger partial charge is 0.488 e. The minimum atomic E-state index is -4.48. The lowest BCUT2D eigenvalue weighted by molar-refractivity contribution is -0.137. The number of benzene rings is 4. The Kier molecular flexibility index (Phi) is 11.3. The smallest absolute Gasteiger partial charge is 0.416 e. The number of likely N-dealkylation sites (N-methyl/N-ethyl adjacent to an activating group) is 1. The number of carbonyl (C=O) groups is 2. The van der Waals surface area contributed by atoms with Crippen LogP contribution in [-0.2, 0) is 23.9 Å². The molecule has 258 valence electrons. The summed E-state index contributed by atoms with van der Waals surface area (Å²) in [7, 11) is 2.02. The number of urea groups is 1. The molecular formula is C38H41F3N4O4. The Labute approximate surface area is 284 Å². The predicted molar refractivity (Wildman–Crippen MR) is 184 cm³/mol. The van der Waals surface area contributed by atoms with E-state index in [-0.39, 0.29) is 36.6 Å². The quantitative estimate of drug-likeness (QED) is 0.173. The second-order valence-corrected chi connectivity index (χ2v) is 12.6. The molecule has 0 radical (unpaired) electrons. The van der Waals surface area contributed by atoms with Gasteiger partial charge in [-0.05, 0) is 73.1 Å². The summed E-state index contributed by atoms with van der Waals surface area (Å²) in [6, 6.07) is 26.8. The molecule has 0 fully saturated rings. The van der Waals surface area contributed by atoms with E-state index >= 15 is 0 Å². The van der Waals surface area contributed by atoms with Crippen LogP contribution in [0.4, 0.5) is 29.3 Å². The number of amides is 3. The molecular weight excluding hydrogens is 633 g/mol. The topological polar surface area (TPSA) is 94.1 Å². The van der Waals surface area contributed by atoms with E-state index in [0.717, 1.165) is 28.8 Å². The van der Waals surface area contributed by atoms with Gasteiger partial charge in [-0.1, -0.05) is 61.5 Å². The minimum absolute atomic E-state index is 0.0151. The van der Waals surface area contributed by atoms with Gasteiger partial charge in [-0.3, -0.25) is 9.69 Å². The average Bonchev–Trinajstić information content (AvgIpc) is 3.12. The highest BCUT2D eigenvalue weighted by Crippen LogP contribution is 2.31. The Hall–Kier alpha value is -4.87. The fraction of sp³-hybridized carbons (Fsp3) is 0.316. The lowest BCUT2D eigenvalue weighted by Gasteiger charge is -2.34. The molecule has 4 aromatic rings. The molecule has 5 rings (SSSR count). The highest BCUT2D eigenvalue weighted by atomic mass is 19.4. The van der Waals surface area contributed by atoms with Gasteiger partial charge in [-0.15, -0.1) is 0 Å². The Balaban J connectivity index is 1.31. The van der Waals surface area contributed by atoms with Crippen LogP contribution in [0.15, 0.2) is 97.1 Å². The van der Waals surface area contributed by atoms with E-state index in [1.807, 2.05) is 32.2 Å². The van der Waals surface area contributed by atoms with Crippen LogP contribution in [-0.4, -0.2) is 65.7 Å². The highest BCUT2D eigenvalue weighted by Gasteiger charge is 2.32. The number of rotatable bonds is 9. The van der Waals surface area contributed by atoms with Crippen LogP contribution in [0.2, 0.25) is 0 Å². The van der Waals surface area contributed by atoms with Crippen LogP contribution >= 0.6 is 0 Å². The highest BCUT2D eigenvalue weighted by molar-refractivity contribution is 6.00. The molecule has 0 saturated carbocycles. The van der Waals surface area contributed by atoms with E-state index in [2.05, 4.69) is 51.9 Å². The molecule has 49 heavy (non-hydrogen) atoms. The monoisotopic (exact) mass is 674 g/mol. The number of aliphatic hydroxyl groups excluding tert-OH is 1. The molecule has 0 bridgehead atoms. The number of halogens is 3. The fourth-order valence-corrected chi connectivity index (χ4v) is 5.88. The van der Waals surface area contributed by atoms with Crippen molar-refractivity contribution in [1.82, 2.24) is 9.80 Å². The summed E-state index contributed by atoms with van der Waals surface area (Å²) in [5, 5.41) is 15.2. The van der Waals surface area contributed by atoms with E-state index in [1.54, 1.807) is 30.0 Å². The van der Waals surface area contributed by atoms with Gasteiger partial charge < -0.3 is 25.4 Å². The first-order valence-corrected chi connectivity index (χ1v) is 16.2. The number of fused-ring (bicyclic) bond motifs is 1. The number of alkyl halides is 3. The molecule has 0 saturated heterocycles. The number of nitrogens with one attached hydrogen (secondary N) is 2. The zero-order valence-corrected chi connectivity index (χ0v) is 27.7. The zero-order chi connectivity index (χ0) is 35.1. The van der Waals surface area contributed by atoms with Crippen molar-refractivity contribution >= 4 is 23.3 Å². The number of hydrogen-bond acceptors (Lipinski definition) is 5. The molecule has 11 heteroatoms. The first kappa shape index (κ1) is 35.4. The van der Waals surface area contributed by atoms with Gasteiger partial charge in [0.05, 0.1) is 24.6 Å². The molecule has 3 N–H and O–H groups in total. The lowest BCUT2D eigenvalue weighted by atomic mass is 10.0. The number of hydrogen-bond donors (Lipinski definition) is 3. The van der Waals surface area contributed by atoms with Crippen molar-refractivity contribution in [3.63, 3.8) is 0 Å². The van der Waals surface area contributed by atoms with E-state index in [9.17, 15) is 27.9 Å². The Morgan fingerprint density at radius 1 is 0.959 bits per heavy atom. The summed E-state index contributed by atoms with van der Waals surface area (Å²) in [5.41, 5.74) is 3.75. The van der Waals surface area contributed by atoms with Crippen molar-refractivity contribution < 1.29 is 32.6 Å². The number of anilines is 2. The van der Waals surface area contributed by atoms with Crippen LogP contribution in [0.5, 0.6) is 5.75 Å². The molecule has 1 aliphatic rings. The van der Waals surface area contributed by atoms with Crippen molar-refractivity contribution in [3.8, 4) is 16.9 Å². The Morgan fingerprint density at radius 2 is 1.59 bits per heavy atom. The van der Waals surface area contributed by atoms with E-state index in [0.29, 0.717) is 36.6 Å². The molecule has 1 heterocycles. The number of ether oxygens (including phenoxy) is 1. The molecule has 8 nitrogen and oxygen atoms in total. The summed E-state index contributed by atoms with van der Waals surface area (Å²) in [5.74, 6) is 0.245. The van der Waals surface area contributed by atoms with Gasteiger partial charge in [0.25, 0.3) is 0 Å². The number of nitrogens with zero attached hydrogens (tertiary/aromatic N) is 2. The van der Waals surface area contributed by atoms with Crippen molar-refractivity contribution in [2.24, 2.45) is 5.92 Å². The van der Waals surface area contributed by atoms with Gasteiger partial charge >= 0.3 is 12.2 Å². The second kappa shape index (κ2) is 15.6. The fourth-order valence-electron chi connectivity index (χ4n) is 5.88. The minimum Gasteiger partial charge on any atom is -0.488 e. The van der Waals surface area contributed by atoms with Crippen molar-refractivity contribution in [3.05, 3.63) is 114 Å². The first-order chi connectivity index (χ1) is 23.4. The third-order valence-corrected chi connectivity index (χ3v) is 8.65. The maximum Gasteiger partial charge on any atom is 0.416 e. The summed E-state index contributed by atoms with van der Waals surface area (Å²) >= 11 is 0. The predicted octanol–water partition coefficient (Wildman–Crippen LogP) is 7.30. The van der Waals surface area contributed by atoms with Crippen LogP contribution in [0.1, 0.15) is 30.5 Å². The standard InChI is InChI=1S/C38H41F3N4O4/c1-25-21-45(26(2)24-46)36(47)20-30-19-33(43-37(48)42-32-15-13-31(14-16-32)38(39,40)41)17-18-34(30)49-35(25)23-44(3)22-27-9-11-29(12-10-27)28-7-5-4-6-8-28/h4-19,25-26,35,46H,20-24H2,1-3H3,(H2,42,43,48)/t25-,26-,35-/m0/s1. The summed E-state index contributed by atoms with van der Waals surface area (Å²) in [6.45, 7) is 5.27. The van der Waals surface area contributed by atoms with Gasteiger partial charge in [-0.2, -0.15) is 13.2 Å². The summed E-state index contributed by atoms with van der Waals surface area (Å²) < 4.78 is 45.3. The van der Waals surface area contributed by atoms with Crippen LogP contribution in [0.3, 0.4) is 0 Å². The molecule has 1 aliphatic heterocycles. The normalized spacial score (nSPS) is 17.3. The third kappa shape index (κ3) is 9.39.